The number of hydrogen-bond donors (Lipinski definition) is 16. The number of aromatic nitrogens is 1. The highest BCUT2D eigenvalue weighted by Crippen LogP contribution is 2.21. The molecule has 0 spiro atoms. The Morgan fingerprint density at radius 1 is 0.600 bits per heavy atom. The quantitative estimate of drug-likeness (QED) is 0.00903. The summed E-state index contributed by atoms with van der Waals surface area (Å²) in [5.41, 5.74) is 27.8. The van der Waals surface area contributed by atoms with Gasteiger partial charge in [0.1, 0.15) is 72.7 Å². The molecule has 3 aromatic carbocycles. The van der Waals surface area contributed by atoms with Crippen molar-refractivity contribution >= 4 is 99.5 Å². The first-order valence-electron chi connectivity index (χ1n) is 32.4. The number of unbranched alkanes of at least 4 members (excludes halogenated alkanes) is 1. The Bertz CT molecular complexity index is 3580. The topological polar surface area (TPSA) is 525 Å². The van der Waals surface area contributed by atoms with Crippen molar-refractivity contribution < 1.29 is 72.5 Å². The molecule has 0 bridgehead atoms. The number of phenolic OH excluding ortho intramolecular Hbond substituents is 1. The average molecular weight is 1410 g/mol. The fourth-order valence-corrected chi connectivity index (χ4v) is 10.9. The lowest BCUT2D eigenvalue weighted by Gasteiger charge is -2.30. The van der Waals surface area contributed by atoms with Gasteiger partial charge in [0, 0.05) is 47.7 Å². The van der Waals surface area contributed by atoms with E-state index in [9.17, 15) is 67.7 Å². The second kappa shape index (κ2) is 42.2. The maximum Gasteiger partial charge on any atom is 0.305 e. The number of rotatable bonds is 44. The van der Waals surface area contributed by atoms with Crippen molar-refractivity contribution in [3.05, 3.63) is 112 Å². The van der Waals surface area contributed by atoms with Crippen molar-refractivity contribution in [2.24, 2.45) is 34.2 Å². The number of aromatic hydroxyl groups is 1. The number of thioether (sulfide) groups is 1. The summed E-state index contributed by atoms with van der Waals surface area (Å²) in [7, 11) is 0. The maximum absolute atomic E-state index is 15.1. The molecule has 0 saturated carbocycles. The van der Waals surface area contributed by atoms with Gasteiger partial charge in [-0.05, 0) is 103 Å². The number of primary amides is 2. The third kappa shape index (κ3) is 27.7. The molecule has 0 radical (unpaired) electrons. The van der Waals surface area contributed by atoms with E-state index < -0.39 is 163 Å². The molecule has 0 fully saturated rings. The minimum atomic E-state index is -1.92. The van der Waals surface area contributed by atoms with Gasteiger partial charge in [0.05, 0.1) is 12.8 Å². The van der Waals surface area contributed by atoms with Gasteiger partial charge < -0.3 is 85.6 Å². The van der Waals surface area contributed by atoms with E-state index in [4.69, 9.17) is 29.2 Å². The lowest BCUT2D eigenvalue weighted by atomic mass is 9.96. The smallest absolute Gasteiger partial charge is 0.305 e. The van der Waals surface area contributed by atoms with Crippen LogP contribution in [-0.2, 0) is 81.6 Å². The van der Waals surface area contributed by atoms with Gasteiger partial charge in [-0.1, -0.05) is 99.9 Å². The summed E-state index contributed by atoms with van der Waals surface area (Å²) in [4.78, 5) is 185. The molecule has 0 aliphatic carbocycles. The molecular formula is C67H91N17O15S. The highest BCUT2D eigenvalue weighted by atomic mass is 32.2. The normalized spacial score (nSPS) is 14.3. The number of nitrogens with two attached hydrogens (primary N) is 3. The van der Waals surface area contributed by atoms with Crippen molar-refractivity contribution in [2.75, 3.05) is 25.1 Å². The highest BCUT2D eigenvalue weighted by molar-refractivity contribution is 7.98. The molecule has 1 aromatic heterocycles. The fourth-order valence-electron chi connectivity index (χ4n) is 10.4. The number of H-pyrrole nitrogens is 1. The number of aliphatic carboxylic acids is 1. The van der Waals surface area contributed by atoms with Crippen LogP contribution in [0.3, 0.4) is 0 Å². The standard InChI is InChI=1S/C67H91N17O15S/c1-7-16-45(58(70)90)75-62(94)49(31-40-22-24-42(85)25-23-40)78-64(96)51(32-41-35-72-44-20-13-12-19-43(41)44)79-63(95)50(30-39-17-10-9-11-18-39)82-67(99)57(38(5)8-2)83-60(92)47(26-28-100-6)77-59(91)46(21-14-15-27-68)76-65(97)52(33-54(69)86)80-66(98)53(34-56(88)89)81-61(93)48(29-37(3)4)74-55(87)36-73-84-71/h1,9-13,17-20,22-25,35,37-38,45-53,57,72,85H,8,14-16,21,26-34,36,68H2,2-6H3,(H2,69,86)(H2,70,90)(H,74,87)(H,75,94)(H,76,97)(H,77,91)(H,78,96)(H,79,95)(H,80,98)(H,81,93)(H,82,99)(H,83,92)(H,88,89)/t38-,45-,46-,47-,48-,49-,50-,51-,52-,53-,57-/m0/s1. The molecule has 4 aromatic rings. The number of phenols is 1. The van der Waals surface area contributed by atoms with Crippen LogP contribution in [0.25, 0.3) is 21.3 Å². The van der Waals surface area contributed by atoms with Crippen LogP contribution in [0.1, 0.15) is 102 Å². The zero-order valence-corrected chi connectivity index (χ0v) is 57.2. The van der Waals surface area contributed by atoms with E-state index in [0.29, 0.717) is 34.0 Å². The summed E-state index contributed by atoms with van der Waals surface area (Å²) in [5, 5.41) is 49.3. The zero-order valence-electron chi connectivity index (χ0n) is 56.4. The van der Waals surface area contributed by atoms with E-state index in [2.05, 4.69) is 74.1 Å². The molecule has 100 heavy (non-hydrogen) atoms. The largest absolute Gasteiger partial charge is 0.508 e. The first-order chi connectivity index (χ1) is 47.6. The average Bonchev–Trinajstić information content (AvgIpc) is 1.60. The first kappa shape index (κ1) is 81.7. The van der Waals surface area contributed by atoms with E-state index in [1.165, 1.54) is 36.0 Å². The minimum absolute atomic E-state index is 0.0163. The third-order valence-electron chi connectivity index (χ3n) is 15.9. The van der Waals surface area contributed by atoms with Crippen LogP contribution >= 0.6 is 11.8 Å². The number of carbonyl (C=O) groups is 13. The van der Waals surface area contributed by atoms with Crippen LogP contribution in [0.4, 0.5) is 0 Å². The lowest BCUT2D eigenvalue weighted by molar-refractivity contribution is -0.142. The number of terminal acetylenes is 1. The molecule has 12 amide bonds. The summed E-state index contributed by atoms with van der Waals surface area (Å²) >= 11 is 1.31. The molecule has 19 N–H and O–H groups in total. The maximum atomic E-state index is 15.1. The molecule has 540 valence electrons. The number of nitrogens with zero attached hydrogens (tertiary/aromatic N) is 3. The number of amides is 12. The summed E-state index contributed by atoms with van der Waals surface area (Å²) in [5.74, 6) is -11.7. The van der Waals surface area contributed by atoms with Gasteiger partial charge in [-0.25, -0.2) is 0 Å². The Labute approximate surface area is 582 Å². The first-order valence-corrected chi connectivity index (χ1v) is 33.8. The third-order valence-corrected chi connectivity index (χ3v) is 16.6. The Morgan fingerprint density at radius 2 is 1.09 bits per heavy atom. The lowest BCUT2D eigenvalue weighted by Crippen LogP contribution is -2.62. The highest BCUT2D eigenvalue weighted by Gasteiger charge is 2.38. The Kier molecular flexibility index (Phi) is 34.5. The van der Waals surface area contributed by atoms with E-state index in [1.54, 1.807) is 94.7 Å². The second-order valence-corrected chi connectivity index (χ2v) is 25.3. The number of hydrogen-bond acceptors (Lipinski definition) is 17. The molecule has 0 unspecified atom stereocenters. The molecule has 32 nitrogen and oxygen atoms in total. The number of benzene rings is 3. The number of carboxylic acid groups (broad SMARTS) is 1. The summed E-state index contributed by atoms with van der Waals surface area (Å²) in [6.07, 6.45) is 6.74. The van der Waals surface area contributed by atoms with Gasteiger partial charge in [-0.3, -0.25) is 62.3 Å². The molecule has 4 rings (SSSR count). The van der Waals surface area contributed by atoms with Crippen LogP contribution in [-0.4, -0.2) is 178 Å². The molecule has 1 heterocycles. The van der Waals surface area contributed by atoms with Gasteiger partial charge in [0.25, 0.3) is 0 Å². The molecule has 0 aliphatic heterocycles. The number of para-hydroxylation sites is 1. The molecule has 11 atom stereocenters. The summed E-state index contributed by atoms with van der Waals surface area (Å²) < 4.78 is 0. The Hall–Kier alpha value is -10.7. The van der Waals surface area contributed by atoms with Gasteiger partial charge in [-0.2, -0.15) is 11.8 Å². The molecule has 0 saturated heterocycles. The number of carbonyl (C=O) groups excluding carboxylic acids is 12. The predicted molar refractivity (Wildman–Crippen MR) is 371 cm³/mol. The van der Waals surface area contributed by atoms with Gasteiger partial charge in [0.2, 0.25) is 70.9 Å². The number of carboxylic acids is 1. The SMILES string of the molecule is C#CC[C@H](NC(=O)[C@H](Cc1ccc(O)cc1)NC(=O)[C@H](Cc1c[nH]c2ccccc12)NC(=O)[C@H](Cc1ccccc1)NC(=O)[C@@H](NC(=O)[C@H](CCSC)NC(=O)[C@H](CCCCN)NC(=O)[C@H](CC(N)=O)NC(=O)[C@H](CC(=O)O)NC(=O)[C@H](CC(C)C)NC(=O)CN=[N+]=[N-])[C@@H](C)CC)C(N)=O. The number of fused-ring (bicyclic) bond motifs is 1. The second-order valence-electron chi connectivity index (χ2n) is 24.3. The van der Waals surface area contributed by atoms with E-state index in [0.717, 1.165) is 0 Å². The number of aromatic amines is 1. The van der Waals surface area contributed by atoms with Crippen molar-refractivity contribution in [2.45, 2.75) is 165 Å². The van der Waals surface area contributed by atoms with Crippen molar-refractivity contribution in [1.29, 1.82) is 0 Å². The number of nitrogens with one attached hydrogen (secondary N) is 11. The van der Waals surface area contributed by atoms with Crippen LogP contribution in [0.2, 0.25) is 0 Å². The number of azide groups is 1. The Balaban J connectivity index is 1.67. The zero-order chi connectivity index (χ0) is 74.0. The van der Waals surface area contributed by atoms with Crippen LogP contribution in [0.5, 0.6) is 5.75 Å². The van der Waals surface area contributed by atoms with E-state index in [1.807, 2.05) is 0 Å². The predicted octanol–water partition coefficient (Wildman–Crippen LogP) is -0.107. The van der Waals surface area contributed by atoms with Gasteiger partial charge in [0.15, 0.2) is 0 Å². The van der Waals surface area contributed by atoms with E-state index >= 15 is 4.79 Å². The summed E-state index contributed by atoms with van der Waals surface area (Å²) in [6.45, 7) is 6.29. The van der Waals surface area contributed by atoms with Crippen LogP contribution in [0.15, 0.2) is 90.2 Å². The van der Waals surface area contributed by atoms with Gasteiger partial charge in [-0.15, -0.1) is 12.3 Å². The van der Waals surface area contributed by atoms with Gasteiger partial charge >= 0.3 is 5.97 Å². The van der Waals surface area contributed by atoms with Crippen molar-refractivity contribution in [3.8, 4) is 18.1 Å². The molecule has 0 aliphatic rings. The Morgan fingerprint density at radius 3 is 1.63 bits per heavy atom. The molecule has 33 heteroatoms. The van der Waals surface area contributed by atoms with Crippen LogP contribution in [0, 0.1) is 24.2 Å². The van der Waals surface area contributed by atoms with Crippen LogP contribution < -0.4 is 70.4 Å². The minimum Gasteiger partial charge on any atom is -0.508 e. The molecular weight excluding hydrogens is 1310 g/mol. The van der Waals surface area contributed by atoms with Crippen molar-refractivity contribution in [1.82, 2.24) is 58.2 Å². The monoisotopic (exact) mass is 1410 g/mol. The van der Waals surface area contributed by atoms with Crippen molar-refractivity contribution in [3.63, 3.8) is 0 Å². The summed E-state index contributed by atoms with van der Waals surface area (Å²) in [6, 6.07) is 6.30. The fraction of sp³-hybridized carbons (Fsp3) is 0.478. The van der Waals surface area contributed by atoms with E-state index in [-0.39, 0.29) is 81.8 Å².